The molecule has 1 aliphatic rings. The Labute approximate surface area is 110 Å². The largest absolute Gasteiger partial charge is 0.476 e. The molecule has 19 heavy (non-hydrogen) atoms. The molecule has 1 aliphatic carbocycles. The third kappa shape index (κ3) is 3.10. The lowest BCUT2D eigenvalue weighted by molar-refractivity contribution is -0.154. The van der Waals surface area contributed by atoms with Crippen LogP contribution in [0.5, 0.6) is 0 Å². The Kier molecular flexibility index (Phi) is 4.13. The molecule has 0 spiro atoms. The minimum absolute atomic E-state index is 0.0450. The van der Waals surface area contributed by atoms with Gasteiger partial charge in [-0.05, 0) is 19.8 Å². The van der Waals surface area contributed by atoms with Gasteiger partial charge in [0.05, 0.1) is 11.6 Å². The fraction of sp³-hybridized carbons (Fsp3) is 0.667. The predicted molar refractivity (Wildman–Crippen MR) is 64.4 cm³/mol. The van der Waals surface area contributed by atoms with Crippen LogP contribution in [0.3, 0.4) is 0 Å². The number of esters is 1. The zero-order valence-electron chi connectivity index (χ0n) is 10.8. The van der Waals surface area contributed by atoms with Crippen LogP contribution in [-0.2, 0) is 16.3 Å². The van der Waals surface area contributed by atoms with Crippen LogP contribution in [0, 0.1) is 12.8 Å². The van der Waals surface area contributed by atoms with E-state index in [1.807, 2.05) is 0 Å². The number of hydrogen-bond donors (Lipinski definition) is 1. The van der Waals surface area contributed by atoms with Gasteiger partial charge < -0.3 is 9.84 Å². The number of aromatic nitrogens is 3. The Morgan fingerprint density at radius 1 is 1.37 bits per heavy atom. The van der Waals surface area contributed by atoms with Crippen LogP contribution in [0.4, 0.5) is 0 Å². The third-order valence-electron chi connectivity index (χ3n) is 3.37. The molecular formula is C12H17N3O4. The summed E-state index contributed by atoms with van der Waals surface area (Å²) in [5, 5.41) is 16.3. The highest BCUT2D eigenvalue weighted by Crippen LogP contribution is 2.24. The monoisotopic (exact) mass is 267 g/mol. The van der Waals surface area contributed by atoms with E-state index < -0.39 is 5.97 Å². The number of ether oxygens (including phenoxy) is 1. The minimum Gasteiger partial charge on any atom is -0.476 e. The number of nitrogens with zero attached hydrogens (tertiary/aromatic N) is 3. The number of carboxylic acid groups (broad SMARTS) is 1. The zero-order valence-corrected chi connectivity index (χ0v) is 10.8. The average molecular weight is 267 g/mol. The summed E-state index contributed by atoms with van der Waals surface area (Å²) in [6.07, 6.45) is 4.95. The summed E-state index contributed by atoms with van der Waals surface area (Å²) in [6.45, 7) is 1.35. The van der Waals surface area contributed by atoms with Crippen molar-refractivity contribution >= 4 is 11.9 Å². The van der Waals surface area contributed by atoms with Gasteiger partial charge in [-0.2, -0.15) is 0 Å². The van der Waals surface area contributed by atoms with Gasteiger partial charge in [-0.25, -0.2) is 9.48 Å². The molecule has 1 fully saturated rings. The Balaban J connectivity index is 1.95. The molecule has 7 heteroatoms. The van der Waals surface area contributed by atoms with E-state index in [9.17, 15) is 9.59 Å². The van der Waals surface area contributed by atoms with Crippen LogP contribution < -0.4 is 0 Å². The van der Waals surface area contributed by atoms with E-state index in [4.69, 9.17) is 9.84 Å². The highest BCUT2D eigenvalue weighted by Gasteiger charge is 2.23. The van der Waals surface area contributed by atoms with E-state index >= 15 is 0 Å². The fourth-order valence-corrected chi connectivity index (χ4v) is 2.34. The van der Waals surface area contributed by atoms with Gasteiger partial charge in [0.15, 0.2) is 12.4 Å². The van der Waals surface area contributed by atoms with Crippen molar-refractivity contribution < 1.29 is 19.4 Å². The lowest BCUT2D eigenvalue weighted by Gasteiger charge is -2.19. The van der Waals surface area contributed by atoms with Crippen LogP contribution in [-0.4, -0.2) is 32.0 Å². The van der Waals surface area contributed by atoms with Crippen LogP contribution in [0.25, 0.3) is 0 Å². The van der Waals surface area contributed by atoms with E-state index in [1.54, 1.807) is 6.92 Å². The molecule has 0 saturated heterocycles. The Morgan fingerprint density at radius 2 is 2.05 bits per heavy atom. The summed E-state index contributed by atoms with van der Waals surface area (Å²) in [7, 11) is 0. The number of carbonyl (C=O) groups is 2. The molecule has 0 bridgehead atoms. The molecule has 0 unspecified atom stereocenters. The standard InChI is InChI=1S/C12H17N3O4/c1-8-10(11(16)17)15(14-13-8)7-19-12(18)9-5-3-2-4-6-9/h9H,2-7H2,1H3,(H,16,17). The maximum absolute atomic E-state index is 11.8. The Bertz CT molecular complexity index is 477. The van der Waals surface area contributed by atoms with Crippen molar-refractivity contribution in [2.24, 2.45) is 5.92 Å². The van der Waals surface area contributed by atoms with E-state index in [0.717, 1.165) is 36.8 Å². The first-order valence-electron chi connectivity index (χ1n) is 6.39. The number of carbonyl (C=O) groups excluding carboxylic acids is 1. The lowest BCUT2D eigenvalue weighted by atomic mass is 9.89. The second-order valence-electron chi connectivity index (χ2n) is 4.76. The van der Waals surface area contributed by atoms with Gasteiger partial charge in [0.2, 0.25) is 0 Å². The average Bonchev–Trinajstić information content (AvgIpc) is 2.78. The minimum atomic E-state index is -1.13. The number of aryl methyl sites for hydroxylation is 1. The van der Waals surface area contributed by atoms with Crippen molar-refractivity contribution in [3.8, 4) is 0 Å². The number of rotatable bonds is 4. The van der Waals surface area contributed by atoms with Crippen LogP contribution >= 0.6 is 0 Å². The SMILES string of the molecule is Cc1nnn(COC(=O)C2CCCCC2)c1C(=O)O. The van der Waals surface area contributed by atoms with Crippen LogP contribution in [0.15, 0.2) is 0 Å². The van der Waals surface area contributed by atoms with Gasteiger partial charge in [0.1, 0.15) is 0 Å². The van der Waals surface area contributed by atoms with Crippen molar-refractivity contribution in [3.05, 3.63) is 11.4 Å². The smallest absolute Gasteiger partial charge is 0.356 e. The van der Waals surface area contributed by atoms with E-state index in [-0.39, 0.29) is 24.3 Å². The van der Waals surface area contributed by atoms with E-state index in [0.29, 0.717) is 5.69 Å². The predicted octanol–water partition coefficient (Wildman–Crippen LogP) is 1.37. The molecule has 104 valence electrons. The summed E-state index contributed by atoms with van der Waals surface area (Å²) >= 11 is 0. The molecule has 0 aliphatic heterocycles. The Hall–Kier alpha value is -1.92. The first kappa shape index (κ1) is 13.5. The van der Waals surface area contributed by atoms with E-state index in [2.05, 4.69) is 10.3 Å². The first-order chi connectivity index (χ1) is 9.09. The number of aromatic carboxylic acids is 1. The molecule has 0 atom stereocenters. The van der Waals surface area contributed by atoms with Gasteiger partial charge in [-0.1, -0.05) is 24.5 Å². The van der Waals surface area contributed by atoms with Crippen molar-refractivity contribution in [2.75, 3.05) is 0 Å². The topological polar surface area (TPSA) is 94.3 Å². The van der Waals surface area contributed by atoms with Gasteiger partial charge in [0.25, 0.3) is 0 Å². The summed E-state index contributed by atoms with van der Waals surface area (Å²) in [5.41, 5.74) is 0.262. The summed E-state index contributed by atoms with van der Waals surface area (Å²) in [4.78, 5) is 22.8. The van der Waals surface area contributed by atoms with Gasteiger partial charge >= 0.3 is 11.9 Å². The van der Waals surface area contributed by atoms with Crippen molar-refractivity contribution in [1.82, 2.24) is 15.0 Å². The highest BCUT2D eigenvalue weighted by atomic mass is 16.5. The summed E-state index contributed by atoms with van der Waals surface area (Å²) in [6, 6.07) is 0. The normalized spacial score (nSPS) is 16.3. The molecule has 7 nitrogen and oxygen atoms in total. The molecule has 0 amide bonds. The molecule has 2 rings (SSSR count). The maximum atomic E-state index is 11.8. The highest BCUT2D eigenvalue weighted by molar-refractivity contribution is 5.86. The fourth-order valence-electron chi connectivity index (χ4n) is 2.34. The third-order valence-corrected chi connectivity index (χ3v) is 3.37. The van der Waals surface area contributed by atoms with Gasteiger partial charge in [-0.15, -0.1) is 5.10 Å². The lowest BCUT2D eigenvalue weighted by Crippen LogP contribution is -2.23. The second-order valence-corrected chi connectivity index (χ2v) is 4.76. The molecule has 0 aromatic carbocycles. The summed E-state index contributed by atoms with van der Waals surface area (Å²) < 4.78 is 6.23. The van der Waals surface area contributed by atoms with Gasteiger partial charge in [0, 0.05) is 0 Å². The summed E-state index contributed by atoms with van der Waals surface area (Å²) in [5.74, 6) is -1.47. The van der Waals surface area contributed by atoms with Crippen molar-refractivity contribution in [3.63, 3.8) is 0 Å². The second kappa shape index (κ2) is 5.81. The zero-order chi connectivity index (χ0) is 13.8. The Morgan fingerprint density at radius 3 is 2.68 bits per heavy atom. The molecule has 1 N–H and O–H groups in total. The number of carboxylic acids is 1. The van der Waals surface area contributed by atoms with Crippen molar-refractivity contribution in [2.45, 2.75) is 45.8 Å². The van der Waals surface area contributed by atoms with Gasteiger partial charge in [-0.3, -0.25) is 4.79 Å². The first-order valence-corrected chi connectivity index (χ1v) is 6.39. The molecular weight excluding hydrogens is 250 g/mol. The quantitative estimate of drug-likeness (QED) is 0.828. The molecule has 1 saturated carbocycles. The van der Waals surface area contributed by atoms with E-state index in [1.165, 1.54) is 0 Å². The van der Waals surface area contributed by atoms with Crippen LogP contribution in [0.2, 0.25) is 0 Å². The number of hydrogen-bond acceptors (Lipinski definition) is 5. The molecule has 1 heterocycles. The van der Waals surface area contributed by atoms with Crippen LogP contribution in [0.1, 0.15) is 48.3 Å². The maximum Gasteiger partial charge on any atom is 0.356 e. The molecule has 1 aromatic rings. The molecule has 0 radical (unpaired) electrons. The van der Waals surface area contributed by atoms with Crippen molar-refractivity contribution in [1.29, 1.82) is 0 Å². The molecule has 1 aromatic heterocycles.